The summed E-state index contributed by atoms with van der Waals surface area (Å²) in [5.41, 5.74) is 0. The molecule has 2 rings (SSSR count). The first-order chi connectivity index (χ1) is 5.22. The van der Waals surface area contributed by atoms with Crippen LogP contribution in [0.3, 0.4) is 0 Å². The van der Waals surface area contributed by atoms with Crippen LogP contribution in [0.25, 0.3) is 0 Å². The van der Waals surface area contributed by atoms with Crippen molar-refractivity contribution in [3.8, 4) is 0 Å². The molecule has 58 valence electrons. The van der Waals surface area contributed by atoms with Gasteiger partial charge in [0.15, 0.2) is 12.0 Å². The fourth-order valence-electron chi connectivity index (χ4n) is 0.981. The van der Waals surface area contributed by atoms with E-state index in [-0.39, 0.29) is 5.82 Å². The molecule has 2 atom stereocenters. The van der Waals surface area contributed by atoms with Crippen LogP contribution in [-0.2, 0) is 0 Å². The van der Waals surface area contributed by atoms with Gasteiger partial charge in [-0.05, 0) is 0 Å². The number of fused-ring (bicyclic) bond motifs is 1. The van der Waals surface area contributed by atoms with Gasteiger partial charge < -0.3 is 0 Å². The Morgan fingerprint density at radius 1 is 1.45 bits per heavy atom. The quantitative estimate of drug-likeness (QED) is 0.546. The Morgan fingerprint density at radius 2 is 2.18 bits per heavy atom. The molecule has 2 heterocycles. The van der Waals surface area contributed by atoms with Crippen LogP contribution < -0.4 is 0 Å². The first kappa shape index (κ1) is 6.38. The minimum Gasteiger partial charge on any atom is -0.269 e. The van der Waals surface area contributed by atoms with Gasteiger partial charge in [0, 0.05) is 0 Å². The van der Waals surface area contributed by atoms with Gasteiger partial charge in [-0.1, -0.05) is 0 Å². The highest BCUT2D eigenvalue weighted by atomic mass is 19.2. The van der Waals surface area contributed by atoms with E-state index in [0.29, 0.717) is 4.68 Å². The van der Waals surface area contributed by atoms with Crippen molar-refractivity contribution in [3.63, 3.8) is 0 Å². The molecule has 11 heavy (non-hydrogen) atoms. The maximum absolute atomic E-state index is 12.7. The Kier molecular flexibility index (Phi) is 1.07. The molecule has 0 spiro atoms. The summed E-state index contributed by atoms with van der Waals surface area (Å²) < 4.78 is 25.8. The largest absolute Gasteiger partial charge is 0.286 e. The van der Waals surface area contributed by atoms with Crippen molar-refractivity contribution in [1.29, 1.82) is 0 Å². The number of hydrogen-bond donors (Lipinski definition) is 0. The molecule has 4 nitrogen and oxygen atoms in total. The van der Waals surface area contributed by atoms with Gasteiger partial charge in [0.25, 0.3) is 5.91 Å². The Morgan fingerprint density at radius 3 is 2.82 bits per heavy atom. The highest BCUT2D eigenvalue weighted by Gasteiger charge is 2.42. The third-order valence-electron chi connectivity index (χ3n) is 1.52. The smallest absolute Gasteiger partial charge is 0.269 e. The van der Waals surface area contributed by atoms with E-state index in [1.165, 1.54) is 0 Å². The second kappa shape index (κ2) is 1.84. The van der Waals surface area contributed by atoms with Crippen molar-refractivity contribution in [3.05, 3.63) is 12.2 Å². The lowest BCUT2D eigenvalue weighted by Gasteiger charge is -1.95. The maximum atomic E-state index is 12.7. The number of carbonyl (C=O) groups excluding carboxylic acids is 1. The topological polar surface area (TPSA) is 47.8 Å². The fourth-order valence-corrected chi connectivity index (χ4v) is 0.981. The zero-order chi connectivity index (χ0) is 8.01. The number of aromatic nitrogens is 3. The minimum absolute atomic E-state index is 0.248. The molecule has 0 aliphatic carbocycles. The van der Waals surface area contributed by atoms with Gasteiger partial charge in [-0.25, -0.2) is 13.8 Å². The van der Waals surface area contributed by atoms with E-state index in [1.54, 1.807) is 0 Å². The van der Waals surface area contributed by atoms with Crippen LogP contribution in [0.5, 0.6) is 0 Å². The van der Waals surface area contributed by atoms with Gasteiger partial charge >= 0.3 is 0 Å². The van der Waals surface area contributed by atoms with Crippen LogP contribution >= 0.6 is 0 Å². The van der Waals surface area contributed by atoms with E-state index in [4.69, 9.17) is 0 Å². The normalized spacial score (nSPS) is 29.1. The highest BCUT2D eigenvalue weighted by Crippen LogP contribution is 2.28. The molecule has 1 aromatic rings. The van der Waals surface area contributed by atoms with Gasteiger partial charge in [-0.2, -0.15) is 9.78 Å². The summed E-state index contributed by atoms with van der Waals surface area (Å²) in [5, 5.41) is 3.35. The van der Waals surface area contributed by atoms with Gasteiger partial charge in [0.1, 0.15) is 6.33 Å². The van der Waals surface area contributed by atoms with Gasteiger partial charge in [-0.3, -0.25) is 4.79 Å². The molecule has 0 saturated heterocycles. The van der Waals surface area contributed by atoms with Crippen LogP contribution in [0.1, 0.15) is 16.8 Å². The maximum Gasteiger partial charge on any atom is 0.286 e. The fraction of sp³-hybridized carbons (Fsp3) is 0.400. The van der Waals surface area contributed by atoms with Crippen molar-refractivity contribution in [2.45, 2.75) is 12.3 Å². The van der Waals surface area contributed by atoms with Crippen LogP contribution in [-0.4, -0.2) is 26.8 Å². The lowest BCUT2D eigenvalue weighted by molar-refractivity contribution is 0.0743. The number of carbonyl (C=O) groups is 1. The predicted octanol–water partition coefficient (Wildman–Crippen LogP) is 0.281. The Hall–Kier alpha value is -1.33. The van der Waals surface area contributed by atoms with E-state index >= 15 is 0 Å². The number of halogens is 2. The molecular formula is C5H3F2N3O. The minimum atomic E-state index is -2.13. The third kappa shape index (κ3) is 0.634. The molecule has 2 unspecified atom stereocenters. The van der Waals surface area contributed by atoms with Gasteiger partial charge in [0.2, 0.25) is 6.17 Å². The van der Waals surface area contributed by atoms with E-state index in [0.717, 1.165) is 6.33 Å². The van der Waals surface area contributed by atoms with Crippen molar-refractivity contribution in [2.24, 2.45) is 0 Å². The Bertz CT molecular complexity index is 310. The Labute approximate surface area is 59.8 Å². The molecule has 6 heteroatoms. The summed E-state index contributed by atoms with van der Waals surface area (Å²) in [4.78, 5) is 14.1. The first-order valence-electron chi connectivity index (χ1n) is 2.94. The number of hydrogen-bond acceptors (Lipinski definition) is 3. The SMILES string of the molecule is O=C1C(F)C(F)c2ncnn21. The molecule has 1 aromatic heterocycles. The molecule has 0 fully saturated rings. The molecule has 0 amide bonds. The molecular weight excluding hydrogens is 156 g/mol. The molecule has 0 N–H and O–H groups in total. The van der Waals surface area contributed by atoms with E-state index < -0.39 is 18.3 Å². The average molecular weight is 159 g/mol. The molecule has 0 bridgehead atoms. The highest BCUT2D eigenvalue weighted by molar-refractivity contribution is 5.86. The van der Waals surface area contributed by atoms with Crippen molar-refractivity contribution in [2.75, 3.05) is 0 Å². The van der Waals surface area contributed by atoms with E-state index in [9.17, 15) is 13.6 Å². The number of nitrogens with zero attached hydrogens (tertiary/aromatic N) is 3. The Balaban J connectivity index is 2.56. The summed E-state index contributed by atoms with van der Waals surface area (Å²) in [5.74, 6) is -1.23. The molecule has 1 aliphatic rings. The van der Waals surface area contributed by atoms with Gasteiger partial charge in [0.05, 0.1) is 0 Å². The van der Waals surface area contributed by atoms with Gasteiger partial charge in [-0.15, -0.1) is 0 Å². The standard InChI is InChI=1S/C5H3F2N3O/c6-2-3(7)5(11)10-4(2)8-1-9-10/h1-3H. The van der Waals surface area contributed by atoms with Crippen molar-refractivity contribution < 1.29 is 13.6 Å². The zero-order valence-corrected chi connectivity index (χ0v) is 5.24. The number of alkyl halides is 2. The average Bonchev–Trinajstić information content (AvgIpc) is 2.53. The predicted molar refractivity (Wildman–Crippen MR) is 29.4 cm³/mol. The molecule has 1 aliphatic heterocycles. The molecule has 0 aromatic carbocycles. The summed E-state index contributed by atoms with van der Waals surface area (Å²) in [6.07, 6.45) is -3.07. The summed E-state index contributed by atoms with van der Waals surface area (Å²) in [7, 11) is 0. The third-order valence-corrected chi connectivity index (χ3v) is 1.52. The summed E-state index contributed by atoms with van der Waals surface area (Å²) >= 11 is 0. The van der Waals surface area contributed by atoms with Crippen LogP contribution in [0.4, 0.5) is 8.78 Å². The second-order valence-corrected chi connectivity index (χ2v) is 2.17. The summed E-state index contributed by atoms with van der Waals surface area (Å²) in [6, 6.07) is 0. The van der Waals surface area contributed by atoms with Crippen LogP contribution in [0.2, 0.25) is 0 Å². The lowest BCUT2D eigenvalue weighted by atomic mass is 10.3. The van der Waals surface area contributed by atoms with Crippen molar-refractivity contribution >= 4 is 5.91 Å². The van der Waals surface area contributed by atoms with Crippen molar-refractivity contribution in [1.82, 2.24) is 14.8 Å². The number of rotatable bonds is 0. The molecule has 0 saturated carbocycles. The zero-order valence-electron chi connectivity index (χ0n) is 5.24. The molecule has 0 radical (unpaired) electrons. The monoisotopic (exact) mass is 159 g/mol. The summed E-state index contributed by atoms with van der Waals surface area (Å²) in [6.45, 7) is 0. The van der Waals surface area contributed by atoms with Crippen LogP contribution in [0.15, 0.2) is 6.33 Å². The first-order valence-corrected chi connectivity index (χ1v) is 2.94. The lowest BCUT2D eigenvalue weighted by Crippen LogP contribution is -2.17. The van der Waals surface area contributed by atoms with E-state index in [2.05, 4.69) is 10.1 Å². The van der Waals surface area contributed by atoms with E-state index in [1.807, 2.05) is 0 Å². The van der Waals surface area contributed by atoms with Crippen LogP contribution in [0, 0.1) is 0 Å². The second-order valence-electron chi connectivity index (χ2n) is 2.17.